The number of nitrogens with two attached hydrogens (primary N) is 1. The second-order valence-electron chi connectivity index (χ2n) is 5.21. The second-order valence-corrected chi connectivity index (χ2v) is 5.21. The number of hydrogen-bond donors (Lipinski definition) is 2. The van der Waals surface area contributed by atoms with Crippen LogP contribution in [-0.4, -0.2) is 23.1 Å². The molecule has 0 aliphatic rings. The lowest BCUT2D eigenvalue weighted by Crippen LogP contribution is -2.36. The summed E-state index contributed by atoms with van der Waals surface area (Å²) in [6.07, 6.45) is 4.19. The molecule has 0 saturated heterocycles. The Balaban J connectivity index is 2.00. The molecule has 0 amide bonds. The van der Waals surface area contributed by atoms with Gasteiger partial charge in [0.2, 0.25) is 0 Å². The van der Waals surface area contributed by atoms with Crippen molar-refractivity contribution in [2.24, 2.45) is 5.73 Å². The van der Waals surface area contributed by atoms with Gasteiger partial charge in [-0.05, 0) is 25.0 Å². The van der Waals surface area contributed by atoms with Crippen molar-refractivity contribution < 1.29 is 9.53 Å². The molecule has 20 heavy (non-hydrogen) atoms. The largest absolute Gasteiger partial charge is 0.462 e. The van der Waals surface area contributed by atoms with Crippen molar-refractivity contribution in [1.29, 1.82) is 0 Å². The number of carbonyl (C=O) groups is 1. The number of aromatic amines is 1. The molecule has 0 saturated carbocycles. The van der Waals surface area contributed by atoms with Crippen molar-refractivity contribution >= 4 is 16.9 Å². The fraction of sp³-hybridized carbons (Fsp3) is 0.438. The van der Waals surface area contributed by atoms with Gasteiger partial charge in [-0.1, -0.05) is 31.5 Å². The molecule has 3 N–H and O–H groups in total. The normalized spacial score (nSPS) is 14.2. The van der Waals surface area contributed by atoms with Crippen LogP contribution in [0.1, 0.15) is 32.3 Å². The maximum Gasteiger partial charge on any atom is 0.323 e. The van der Waals surface area contributed by atoms with Gasteiger partial charge in [0.05, 0.1) is 6.10 Å². The summed E-state index contributed by atoms with van der Waals surface area (Å²) in [5.41, 5.74) is 8.06. The van der Waals surface area contributed by atoms with E-state index in [1.54, 1.807) is 0 Å². The lowest BCUT2D eigenvalue weighted by molar-refractivity contribution is -0.150. The summed E-state index contributed by atoms with van der Waals surface area (Å²) in [7, 11) is 0. The van der Waals surface area contributed by atoms with Crippen molar-refractivity contribution in [3.8, 4) is 0 Å². The van der Waals surface area contributed by atoms with E-state index >= 15 is 0 Å². The molecule has 108 valence electrons. The number of esters is 1. The molecule has 4 heteroatoms. The molecule has 0 fully saturated rings. The van der Waals surface area contributed by atoms with Crippen LogP contribution in [0.3, 0.4) is 0 Å². The van der Waals surface area contributed by atoms with Crippen LogP contribution >= 0.6 is 0 Å². The SMILES string of the molecule is CCCC(C)OC(=O)[C@H](N)Cc1c[nH]c2ccccc12. The Morgan fingerprint density at radius 2 is 2.15 bits per heavy atom. The Labute approximate surface area is 119 Å². The number of hydrogen-bond acceptors (Lipinski definition) is 3. The van der Waals surface area contributed by atoms with Crippen LogP contribution in [-0.2, 0) is 16.0 Å². The Hall–Kier alpha value is -1.81. The Morgan fingerprint density at radius 3 is 2.90 bits per heavy atom. The fourth-order valence-electron chi connectivity index (χ4n) is 2.37. The van der Waals surface area contributed by atoms with Crippen LogP contribution in [0.4, 0.5) is 0 Å². The summed E-state index contributed by atoms with van der Waals surface area (Å²) in [6.45, 7) is 3.97. The van der Waals surface area contributed by atoms with E-state index in [-0.39, 0.29) is 12.1 Å². The average Bonchev–Trinajstić information content (AvgIpc) is 2.82. The summed E-state index contributed by atoms with van der Waals surface area (Å²) >= 11 is 0. The molecule has 2 rings (SSSR count). The second kappa shape index (κ2) is 6.57. The fourth-order valence-corrected chi connectivity index (χ4v) is 2.37. The molecule has 1 unspecified atom stereocenters. The molecule has 1 heterocycles. The third-order valence-corrected chi connectivity index (χ3v) is 3.43. The van der Waals surface area contributed by atoms with E-state index in [1.807, 2.05) is 37.4 Å². The minimum absolute atomic E-state index is 0.0680. The lowest BCUT2D eigenvalue weighted by Gasteiger charge is -2.16. The molecule has 0 spiro atoms. The first kappa shape index (κ1) is 14.6. The number of H-pyrrole nitrogens is 1. The Bertz CT molecular complexity index is 577. The Morgan fingerprint density at radius 1 is 1.40 bits per heavy atom. The highest BCUT2D eigenvalue weighted by Gasteiger charge is 2.19. The number of fused-ring (bicyclic) bond motifs is 1. The number of aromatic nitrogens is 1. The molecule has 0 aliphatic carbocycles. The summed E-state index contributed by atoms with van der Waals surface area (Å²) in [5, 5.41) is 1.11. The smallest absolute Gasteiger partial charge is 0.323 e. The maximum absolute atomic E-state index is 11.9. The molecule has 4 nitrogen and oxygen atoms in total. The van der Waals surface area contributed by atoms with Crippen LogP contribution in [0.15, 0.2) is 30.5 Å². The van der Waals surface area contributed by atoms with E-state index in [0.717, 1.165) is 29.3 Å². The molecule has 0 aliphatic heterocycles. The first-order valence-electron chi connectivity index (χ1n) is 7.13. The van der Waals surface area contributed by atoms with E-state index in [9.17, 15) is 4.79 Å². The number of para-hydroxylation sites is 1. The van der Waals surface area contributed by atoms with E-state index in [4.69, 9.17) is 10.5 Å². The average molecular weight is 274 g/mol. The number of ether oxygens (including phenoxy) is 1. The van der Waals surface area contributed by atoms with E-state index < -0.39 is 6.04 Å². The van der Waals surface area contributed by atoms with Gasteiger partial charge in [-0.25, -0.2) is 0 Å². The van der Waals surface area contributed by atoms with Gasteiger partial charge in [0.25, 0.3) is 0 Å². The first-order valence-corrected chi connectivity index (χ1v) is 7.13. The number of rotatable bonds is 6. The molecular weight excluding hydrogens is 252 g/mol. The van der Waals surface area contributed by atoms with Gasteiger partial charge in [-0.2, -0.15) is 0 Å². The zero-order valence-electron chi connectivity index (χ0n) is 12.1. The number of nitrogens with one attached hydrogen (secondary N) is 1. The van der Waals surface area contributed by atoms with Crippen molar-refractivity contribution in [3.05, 3.63) is 36.0 Å². The van der Waals surface area contributed by atoms with Gasteiger partial charge in [-0.15, -0.1) is 0 Å². The van der Waals surface area contributed by atoms with Crippen LogP contribution < -0.4 is 5.73 Å². The monoisotopic (exact) mass is 274 g/mol. The number of carbonyl (C=O) groups excluding carboxylic acids is 1. The van der Waals surface area contributed by atoms with Gasteiger partial charge in [-0.3, -0.25) is 4.79 Å². The van der Waals surface area contributed by atoms with Gasteiger partial charge >= 0.3 is 5.97 Å². The van der Waals surface area contributed by atoms with Crippen molar-refractivity contribution in [1.82, 2.24) is 4.98 Å². The molecule has 2 aromatic rings. The molecule has 0 bridgehead atoms. The van der Waals surface area contributed by atoms with Gasteiger partial charge < -0.3 is 15.5 Å². The quantitative estimate of drug-likeness (QED) is 0.796. The highest BCUT2D eigenvalue weighted by atomic mass is 16.5. The van der Waals surface area contributed by atoms with Crippen LogP contribution in [0.5, 0.6) is 0 Å². The lowest BCUT2D eigenvalue weighted by atomic mass is 10.1. The maximum atomic E-state index is 11.9. The minimum atomic E-state index is -0.617. The Kier molecular flexibility index (Phi) is 4.79. The standard InChI is InChI=1S/C16H22N2O2/c1-3-6-11(2)20-16(19)14(17)9-12-10-18-15-8-5-4-7-13(12)15/h4-5,7-8,10-11,14,18H,3,6,9,17H2,1-2H3/t11?,14-/m1/s1. The molecule has 1 aromatic heterocycles. The summed E-state index contributed by atoms with van der Waals surface area (Å²) in [4.78, 5) is 15.1. The summed E-state index contributed by atoms with van der Waals surface area (Å²) in [5.74, 6) is -0.323. The summed E-state index contributed by atoms with van der Waals surface area (Å²) < 4.78 is 5.34. The molecular formula is C16H22N2O2. The highest BCUT2D eigenvalue weighted by Crippen LogP contribution is 2.19. The van der Waals surface area contributed by atoms with Crippen LogP contribution in [0.25, 0.3) is 10.9 Å². The van der Waals surface area contributed by atoms with E-state index in [0.29, 0.717) is 6.42 Å². The zero-order valence-corrected chi connectivity index (χ0v) is 12.1. The van der Waals surface area contributed by atoms with E-state index in [2.05, 4.69) is 11.9 Å². The highest BCUT2D eigenvalue weighted by molar-refractivity contribution is 5.84. The topological polar surface area (TPSA) is 68.1 Å². The molecule has 0 radical (unpaired) electrons. The van der Waals surface area contributed by atoms with Gasteiger partial charge in [0, 0.05) is 23.5 Å². The predicted molar refractivity (Wildman–Crippen MR) is 80.4 cm³/mol. The van der Waals surface area contributed by atoms with Crippen LogP contribution in [0, 0.1) is 0 Å². The molecule has 1 aromatic carbocycles. The van der Waals surface area contributed by atoms with Crippen molar-refractivity contribution in [2.45, 2.75) is 45.3 Å². The third kappa shape index (κ3) is 3.39. The minimum Gasteiger partial charge on any atom is -0.462 e. The van der Waals surface area contributed by atoms with Crippen molar-refractivity contribution in [2.75, 3.05) is 0 Å². The predicted octanol–water partition coefficient (Wildman–Crippen LogP) is 2.77. The van der Waals surface area contributed by atoms with Crippen LogP contribution in [0.2, 0.25) is 0 Å². The first-order chi connectivity index (χ1) is 9.61. The van der Waals surface area contributed by atoms with E-state index in [1.165, 1.54) is 0 Å². The molecule has 2 atom stereocenters. The third-order valence-electron chi connectivity index (χ3n) is 3.43. The van der Waals surface area contributed by atoms with Gasteiger partial charge in [0.1, 0.15) is 6.04 Å². The zero-order chi connectivity index (χ0) is 14.5. The summed E-state index contributed by atoms with van der Waals surface area (Å²) in [6, 6.07) is 7.37. The number of benzene rings is 1. The van der Waals surface area contributed by atoms with Crippen molar-refractivity contribution in [3.63, 3.8) is 0 Å². The van der Waals surface area contributed by atoms with Gasteiger partial charge in [0.15, 0.2) is 0 Å².